The summed E-state index contributed by atoms with van der Waals surface area (Å²) in [5, 5.41) is 4.20. The molecule has 0 amide bonds. The lowest BCUT2D eigenvalue weighted by Crippen LogP contribution is -1.95. The Kier molecular flexibility index (Phi) is 3.42. The van der Waals surface area contributed by atoms with Crippen LogP contribution in [-0.4, -0.2) is 15.0 Å². The quantitative estimate of drug-likeness (QED) is 0.577. The van der Waals surface area contributed by atoms with Crippen molar-refractivity contribution in [3.8, 4) is 11.3 Å². The Balaban J connectivity index is 1.84. The molecule has 4 rings (SSSR count). The zero-order valence-electron chi connectivity index (χ0n) is 12.4. The third-order valence-electron chi connectivity index (χ3n) is 3.70. The number of hydrogen-bond acceptors (Lipinski definition) is 3. The highest BCUT2D eigenvalue weighted by Gasteiger charge is 2.11. The minimum absolute atomic E-state index is 0.503. The molecule has 0 radical (unpaired) electrons. The lowest BCUT2D eigenvalue weighted by atomic mass is 10.1. The Morgan fingerprint density at radius 3 is 2.54 bits per heavy atom. The van der Waals surface area contributed by atoms with Crippen LogP contribution in [0.5, 0.6) is 0 Å². The molecule has 0 spiro atoms. The fourth-order valence-electron chi connectivity index (χ4n) is 2.54. The summed E-state index contributed by atoms with van der Waals surface area (Å²) in [7, 11) is 0. The van der Waals surface area contributed by atoms with Crippen LogP contribution < -0.4 is 5.32 Å². The molecule has 0 bridgehead atoms. The minimum atomic E-state index is -0.899. The number of H-pyrrole nitrogens is 1. The van der Waals surface area contributed by atoms with Gasteiger partial charge >= 0.3 is 0 Å². The molecule has 4 aromatic rings. The molecule has 0 aliphatic rings. The minimum Gasteiger partial charge on any atom is -0.355 e. The molecule has 0 saturated carbocycles. The number of nitrogens with zero attached hydrogens (tertiary/aromatic N) is 2. The van der Waals surface area contributed by atoms with Gasteiger partial charge in [0.25, 0.3) is 0 Å². The van der Waals surface area contributed by atoms with E-state index in [9.17, 15) is 8.78 Å². The first-order valence-corrected chi connectivity index (χ1v) is 7.31. The van der Waals surface area contributed by atoms with E-state index in [2.05, 4.69) is 20.3 Å². The summed E-state index contributed by atoms with van der Waals surface area (Å²) in [5.41, 5.74) is 3.39. The molecule has 24 heavy (non-hydrogen) atoms. The third kappa shape index (κ3) is 2.58. The van der Waals surface area contributed by atoms with E-state index in [-0.39, 0.29) is 0 Å². The topological polar surface area (TPSA) is 53.6 Å². The van der Waals surface area contributed by atoms with Crippen LogP contribution in [0.1, 0.15) is 0 Å². The number of pyridine rings is 2. The number of benzene rings is 1. The van der Waals surface area contributed by atoms with E-state index in [0.29, 0.717) is 16.9 Å². The van der Waals surface area contributed by atoms with Crippen molar-refractivity contribution in [3.63, 3.8) is 0 Å². The van der Waals surface area contributed by atoms with Crippen LogP contribution in [0.4, 0.5) is 20.2 Å². The Bertz CT molecular complexity index is 1010. The number of nitrogens with one attached hydrogen (secondary N) is 2. The molecule has 2 N–H and O–H groups in total. The first-order valence-electron chi connectivity index (χ1n) is 7.31. The summed E-state index contributed by atoms with van der Waals surface area (Å²) in [5.74, 6) is -1.78. The Labute approximate surface area is 136 Å². The molecule has 0 fully saturated rings. The van der Waals surface area contributed by atoms with Gasteiger partial charge in [-0.25, -0.2) is 13.8 Å². The van der Waals surface area contributed by atoms with Crippen molar-refractivity contribution >= 4 is 22.4 Å². The van der Waals surface area contributed by atoms with Gasteiger partial charge in [0.2, 0.25) is 0 Å². The van der Waals surface area contributed by atoms with Gasteiger partial charge in [0, 0.05) is 35.2 Å². The van der Waals surface area contributed by atoms with E-state index < -0.39 is 11.6 Å². The third-order valence-corrected chi connectivity index (χ3v) is 3.70. The summed E-state index contributed by atoms with van der Waals surface area (Å²) < 4.78 is 26.7. The number of hydrogen-bond donors (Lipinski definition) is 2. The molecule has 0 unspecified atom stereocenters. The van der Waals surface area contributed by atoms with E-state index in [1.165, 1.54) is 6.07 Å². The fraction of sp³-hybridized carbons (Fsp3) is 0. The Morgan fingerprint density at radius 2 is 1.75 bits per heavy atom. The van der Waals surface area contributed by atoms with E-state index in [1.54, 1.807) is 18.6 Å². The van der Waals surface area contributed by atoms with Crippen LogP contribution in [0.2, 0.25) is 0 Å². The van der Waals surface area contributed by atoms with Gasteiger partial charge in [0.15, 0.2) is 11.6 Å². The van der Waals surface area contributed by atoms with Crippen molar-refractivity contribution in [2.45, 2.75) is 0 Å². The second-order valence-electron chi connectivity index (χ2n) is 5.28. The summed E-state index contributed by atoms with van der Waals surface area (Å²) in [6.45, 7) is 0. The Morgan fingerprint density at radius 1 is 0.917 bits per heavy atom. The molecule has 3 heterocycles. The van der Waals surface area contributed by atoms with Crippen LogP contribution in [0.3, 0.4) is 0 Å². The molecule has 0 aliphatic carbocycles. The number of fused-ring (bicyclic) bond motifs is 1. The van der Waals surface area contributed by atoms with Crippen LogP contribution in [0.25, 0.3) is 22.3 Å². The second-order valence-corrected chi connectivity index (χ2v) is 5.28. The highest BCUT2D eigenvalue weighted by molar-refractivity contribution is 5.93. The number of aromatic amines is 1. The van der Waals surface area contributed by atoms with Crippen molar-refractivity contribution in [1.82, 2.24) is 15.0 Å². The Hall–Kier alpha value is -3.28. The van der Waals surface area contributed by atoms with Gasteiger partial charge in [0.1, 0.15) is 5.65 Å². The van der Waals surface area contributed by atoms with Crippen molar-refractivity contribution in [1.29, 1.82) is 0 Å². The van der Waals surface area contributed by atoms with Gasteiger partial charge in [-0.2, -0.15) is 0 Å². The predicted molar refractivity (Wildman–Crippen MR) is 89.0 cm³/mol. The molecule has 1 aromatic carbocycles. The van der Waals surface area contributed by atoms with Gasteiger partial charge in [-0.3, -0.25) is 4.98 Å². The summed E-state index contributed by atoms with van der Waals surface area (Å²) >= 11 is 0. The molecule has 6 heteroatoms. The maximum absolute atomic E-state index is 13.5. The van der Waals surface area contributed by atoms with Gasteiger partial charge in [-0.05, 0) is 42.5 Å². The molecule has 3 aromatic heterocycles. The number of halogens is 2. The number of anilines is 2. The van der Waals surface area contributed by atoms with E-state index in [0.717, 1.165) is 28.9 Å². The predicted octanol–water partition coefficient (Wildman–Crippen LogP) is 4.65. The molecule has 4 nitrogen and oxygen atoms in total. The van der Waals surface area contributed by atoms with Crippen molar-refractivity contribution in [3.05, 3.63) is 72.7 Å². The van der Waals surface area contributed by atoms with Crippen LogP contribution >= 0.6 is 0 Å². The average molecular weight is 322 g/mol. The van der Waals surface area contributed by atoms with Gasteiger partial charge < -0.3 is 10.3 Å². The second kappa shape index (κ2) is 5.73. The van der Waals surface area contributed by atoms with Gasteiger partial charge in [0.05, 0.1) is 11.4 Å². The van der Waals surface area contributed by atoms with Crippen molar-refractivity contribution in [2.24, 2.45) is 0 Å². The van der Waals surface area contributed by atoms with Crippen LogP contribution in [0, 0.1) is 11.6 Å². The van der Waals surface area contributed by atoms with Gasteiger partial charge in [-0.1, -0.05) is 0 Å². The van der Waals surface area contributed by atoms with Crippen molar-refractivity contribution in [2.75, 3.05) is 5.32 Å². The first kappa shape index (κ1) is 14.3. The zero-order chi connectivity index (χ0) is 16.5. The lowest BCUT2D eigenvalue weighted by Gasteiger charge is -2.10. The zero-order valence-corrected chi connectivity index (χ0v) is 12.4. The highest BCUT2D eigenvalue weighted by atomic mass is 19.2. The highest BCUT2D eigenvalue weighted by Crippen LogP contribution is 2.30. The molecular weight excluding hydrogens is 310 g/mol. The maximum atomic E-state index is 13.5. The van der Waals surface area contributed by atoms with Crippen LogP contribution in [-0.2, 0) is 0 Å². The largest absolute Gasteiger partial charge is 0.355 e. The average Bonchev–Trinajstić information content (AvgIpc) is 3.07. The smallest absolute Gasteiger partial charge is 0.159 e. The molecule has 0 aliphatic heterocycles. The van der Waals surface area contributed by atoms with Gasteiger partial charge in [-0.15, -0.1) is 0 Å². The summed E-state index contributed by atoms with van der Waals surface area (Å²) in [6.07, 6.45) is 5.16. The molecule has 118 valence electrons. The molecular formula is C18H12F2N4. The number of aromatic nitrogens is 3. The maximum Gasteiger partial charge on any atom is 0.159 e. The summed E-state index contributed by atoms with van der Waals surface area (Å²) in [4.78, 5) is 11.5. The summed E-state index contributed by atoms with van der Waals surface area (Å²) in [6, 6.07) is 11.1. The lowest BCUT2D eigenvalue weighted by molar-refractivity contribution is 0.509. The normalized spacial score (nSPS) is 10.9. The van der Waals surface area contributed by atoms with E-state index in [4.69, 9.17) is 0 Å². The monoisotopic (exact) mass is 322 g/mol. The van der Waals surface area contributed by atoms with E-state index >= 15 is 0 Å². The molecule has 0 atom stereocenters. The van der Waals surface area contributed by atoms with E-state index in [1.807, 2.05) is 24.3 Å². The molecule has 0 saturated heterocycles. The standard InChI is InChI=1S/C18H12F2N4/c19-14-2-1-11(9-15(14)20)16-10-17(13-5-8-22-18(13)24-16)23-12-3-6-21-7-4-12/h1-10H,(H2,21,22,23,24). The SMILES string of the molecule is Fc1ccc(-c2cc(Nc3ccncc3)c3cc[nH]c3n2)cc1F. The number of rotatable bonds is 3. The van der Waals surface area contributed by atoms with Crippen LogP contribution in [0.15, 0.2) is 61.1 Å². The fourth-order valence-corrected chi connectivity index (χ4v) is 2.54. The van der Waals surface area contributed by atoms with Crippen molar-refractivity contribution < 1.29 is 8.78 Å². The first-order chi connectivity index (χ1) is 11.7.